The third kappa shape index (κ3) is 3.81. The maximum absolute atomic E-state index is 9.08. The topological polar surface area (TPSA) is 90.5 Å². The summed E-state index contributed by atoms with van der Waals surface area (Å²) in [6.07, 6.45) is 2.62. The molecule has 1 aromatic heterocycles. The maximum Gasteiger partial charge on any atom is 0.148 e. The second-order valence-corrected chi connectivity index (χ2v) is 5.66. The maximum atomic E-state index is 9.08. The van der Waals surface area contributed by atoms with E-state index in [0.29, 0.717) is 11.7 Å². The van der Waals surface area contributed by atoms with Gasteiger partial charge in [-0.1, -0.05) is 13.8 Å². The highest BCUT2D eigenvalue weighted by Gasteiger charge is 2.22. The fourth-order valence-electron chi connectivity index (χ4n) is 2.83. The van der Waals surface area contributed by atoms with E-state index in [1.165, 1.54) is 0 Å². The van der Waals surface area contributed by atoms with Crippen LogP contribution in [0.15, 0.2) is 6.33 Å². The van der Waals surface area contributed by atoms with Crippen molar-refractivity contribution in [2.45, 2.75) is 26.2 Å². The summed E-state index contributed by atoms with van der Waals surface area (Å²) in [5.74, 6) is 7.55. The molecule has 0 bridgehead atoms. The Morgan fingerprint density at radius 3 is 2.76 bits per heavy atom. The first kappa shape index (κ1) is 15.9. The molecule has 0 radical (unpaired) electrons. The van der Waals surface area contributed by atoms with Crippen LogP contribution in [0.4, 0.5) is 11.6 Å². The van der Waals surface area contributed by atoms with Gasteiger partial charge in [-0.3, -0.25) is 4.90 Å². The van der Waals surface area contributed by atoms with Crippen molar-refractivity contribution in [2.75, 3.05) is 49.7 Å². The number of nitrogens with two attached hydrogens (primary N) is 1. The van der Waals surface area contributed by atoms with Crippen molar-refractivity contribution in [1.29, 1.82) is 0 Å². The van der Waals surface area contributed by atoms with Crippen LogP contribution in [0.5, 0.6) is 0 Å². The summed E-state index contributed by atoms with van der Waals surface area (Å²) in [7, 11) is 0. The van der Waals surface area contributed by atoms with Crippen LogP contribution < -0.4 is 16.2 Å². The van der Waals surface area contributed by atoms with Gasteiger partial charge in [-0.2, -0.15) is 0 Å². The molecule has 0 saturated carbocycles. The summed E-state index contributed by atoms with van der Waals surface area (Å²) < 4.78 is 0. The number of aromatic nitrogens is 2. The number of β-amino-alcohol motifs (C(OH)–C–C–N with tert-alkyl or cyclic N) is 1. The second kappa shape index (κ2) is 7.53. The van der Waals surface area contributed by atoms with E-state index in [4.69, 9.17) is 10.9 Å². The van der Waals surface area contributed by atoms with Crippen molar-refractivity contribution in [3.8, 4) is 0 Å². The van der Waals surface area contributed by atoms with Gasteiger partial charge in [0.05, 0.1) is 6.61 Å². The first-order valence-electron chi connectivity index (χ1n) is 7.57. The SMILES string of the molecule is CC(C)c1c(NN)ncnc1N1CCCN(CCO)CC1. The number of anilines is 2. The molecule has 2 heterocycles. The van der Waals surface area contributed by atoms with Gasteiger partial charge in [0.25, 0.3) is 0 Å². The quantitative estimate of drug-likeness (QED) is 0.534. The highest BCUT2D eigenvalue weighted by Crippen LogP contribution is 2.30. The van der Waals surface area contributed by atoms with Gasteiger partial charge in [0.15, 0.2) is 0 Å². The summed E-state index contributed by atoms with van der Waals surface area (Å²) in [4.78, 5) is 13.3. The Balaban J connectivity index is 2.21. The van der Waals surface area contributed by atoms with E-state index in [1.807, 2.05) is 0 Å². The summed E-state index contributed by atoms with van der Waals surface area (Å²) >= 11 is 0. The fraction of sp³-hybridized carbons (Fsp3) is 0.714. The van der Waals surface area contributed by atoms with Gasteiger partial charge in [-0.15, -0.1) is 0 Å². The van der Waals surface area contributed by atoms with E-state index in [0.717, 1.165) is 50.5 Å². The third-order valence-electron chi connectivity index (χ3n) is 3.88. The van der Waals surface area contributed by atoms with Crippen LogP contribution >= 0.6 is 0 Å². The molecular weight excluding hydrogens is 268 g/mol. The van der Waals surface area contributed by atoms with Crippen molar-refractivity contribution in [1.82, 2.24) is 14.9 Å². The molecule has 0 amide bonds. The van der Waals surface area contributed by atoms with Crippen molar-refractivity contribution >= 4 is 11.6 Å². The summed E-state index contributed by atoms with van der Waals surface area (Å²) in [5.41, 5.74) is 3.75. The smallest absolute Gasteiger partial charge is 0.148 e. The summed E-state index contributed by atoms with van der Waals surface area (Å²) in [6, 6.07) is 0. The van der Waals surface area contributed by atoms with E-state index in [2.05, 4.69) is 39.0 Å². The molecule has 7 heteroatoms. The molecule has 0 aliphatic carbocycles. The Bertz CT molecular complexity index is 453. The molecule has 2 rings (SSSR count). The van der Waals surface area contributed by atoms with Crippen LogP contribution in [0.1, 0.15) is 31.7 Å². The zero-order chi connectivity index (χ0) is 15.2. The predicted molar refractivity (Wildman–Crippen MR) is 84.3 cm³/mol. The molecule has 0 aromatic carbocycles. The molecular formula is C14H26N6O. The van der Waals surface area contributed by atoms with Gasteiger partial charge in [-0.05, 0) is 18.9 Å². The molecule has 1 fully saturated rings. The molecule has 1 aliphatic heterocycles. The Morgan fingerprint density at radius 2 is 2.10 bits per heavy atom. The van der Waals surface area contributed by atoms with E-state index in [1.54, 1.807) is 6.33 Å². The molecule has 0 atom stereocenters. The number of nitrogen functional groups attached to an aromatic ring is 1. The van der Waals surface area contributed by atoms with E-state index >= 15 is 0 Å². The molecule has 4 N–H and O–H groups in total. The van der Waals surface area contributed by atoms with E-state index in [-0.39, 0.29) is 6.61 Å². The average Bonchev–Trinajstić information content (AvgIpc) is 2.72. The molecule has 1 saturated heterocycles. The lowest BCUT2D eigenvalue weighted by atomic mass is 10.0. The van der Waals surface area contributed by atoms with Gasteiger partial charge in [0.1, 0.15) is 18.0 Å². The molecule has 1 aliphatic rings. The average molecular weight is 294 g/mol. The lowest BCUT2D eigenvalue weighted by Gasteiger charge is -2.26. The number of rotatable bonds is 5. The number of aliphatic hydroxyl groups excluding tert-OH is 1. The largest absolute Gasteiger partial charge is 0.395 e. The normalized spacial score (nSPS) is 17.1. The Labute approximate surface area is 126 Å². The molecule has 118 valence electrons. The van der Waals surface area contributed by atoms with Gasteiger partial charge >= 0.3 is 0 Å². The lowest BCUT2D eigenvalue weighted by molar-refractivity contribution is 0.204. The first-order chi connectivity index (χ1) is 10.2. The number of hydrazine groups is 1. The monoisotopic (exact) mass is 294 g/mol. The minimum Gasteiger partial charge on any atom is -0.395 e. The molecule has 7 nitrogen and oxygen atoms in total. The number of hydrogen-bond donors (Lipinski definition) is 3. The Hall–Kier alpha value is -1.44. The van der Waals surface area contributed by atoms with Gasteiger partial charge < -0.3 is 15.4 Å². The Morgan fingerprint density at radius 1 is 1.29 bits per heavy atom. The van der Waals surface area contributed by atoms with Crippen LogP contribution in [0.3, 0.4) is 0 Å². The molecule has 0 spiro atoms. The molecule has 1 aromatic rings. The zero-order valence-electron chi connectivity index (χ0n) is 12.9. The number of nitrogens with one attached hydrogen (secondary N) is 1. The zero-order valence-corrected chi connectivity index (χ0v) is 12.9. The van der Waals surface area contributed by atoms with Crippen molar-refractivity contribution in [2.24, 2.45) is 5.84 Å². The van der Waals surface area contributed by atoms with Crippen LogP contribution in [0.2, 0.25) is 0 Å². The van der Waals surface area contributed by atoms with Crippen LogP contribution in [-0.4, -0.2) is 59.3 Å². The summed E-state index contributed by atoms with van der Waals surface area (Å²) in [6.45, 7) is 9.02. The molecule has 0 unspecified atom stereocenters. The Kier molecular flexibility index (Phi) is 5.72. The van der Waals surface area contributed by atoms with E-state index < -0.39 is 0 Å². The number of aliphatic hydroxyl groups is 1. The third-order valence-corrected chi connectivity index (χ3v) is 3.88. The standard InChI is InChI=1S/C14H26N6O/c1-11(2)12-13(18-15)16-10-17-14(12)20-5-3-4-19(6-7-20)8-9-21/h10-11,21H,3-9,15H2,1-2H3,(H,16,17,18). The van der Waals surface area contributed by atoms with Gasteiger partial charge in [-0.25, -0.2) is 15.8 Å². The van der Waals surface area contributed by atoms with Crippen molar-refractivity contribution in [3.05, 3.63) is 11.9 Å². The van der Waals surface area contributed by atoms with Crippen molar-refractivity contribution in [3.63, 3.8) is 0 Å². The predicted octanol–water partition coefficient (Wildman–Crippen LogP) is 0.390. The minimum absolute atomic E-state index is 0.214. The van der Waals surface area contributed by atoms with Crippen LogP contribution in [-0.2, 0) is 0 Å². The van der Waals surface area contributed by atoms with Crippen molar-refractivity contribution < 1.29 is 5.11 Å². The van der Waals surface area contributed by atoms with E-state index in [9.17, 15) is 0 Å². The van der Waals surface area contributed by atoms with Gasteiger partial charge in [0.2, 0.25) is 0 Å². The highest BCUT2D eigenvalue weighted by atomic mass is 16.3. The van der Waals surface area contributed by atoms with Gasteiger partial charge in [0, 0.05) is 31.7 Å². The minimum atomic E-state index is 0.214. The first-order valence-corrected chi connectivity index (χ1v) is 7.57. The summed E-state index contributed by atoms with van der Waals surface area (Å²) in [5, 5.41) is 9.08. The fourth-order valence-corrected chi connectivity index (χ4v) is 2.83. The number of nitrogens with zero attached hydrogens (tertiary/aromatic N) is 4. The van der Waals surface area contributed by atoms with Crippen LogP contribution in [0, 0.1) is 0 Å². The number of hydrogen-bond acceptors (Lipinski definition) is 7. The van der Waals surface area contributed by atoms with Crippen LogP contribution in [0.25, 0.3) is 0 Å². The highest BCUT2D eigenvalue weighted by molar-refractivity contribution is 5.60. The lowest BCUT2D eigenvalue weighted by Crippen LogP contribution is -2.33. The second-order valence-electron chi connectivity index (χ2n) is 5.66. The molecule has 21 heavy (non-hydrogen) atoms.